The highest BCUT2D eigenvalue weighted by Crippen LogP contribution is 2.32. The summed E-state index contributed by atoms with van der Waals surface area (Å²) in [7, 11) is 3.97. The van der Waals surface area contributed by atoms with Gasteiger partial charge in [-0.3, -0.25) is 0 Å². The van der Waals surface area contributed by atoms with Crippen LogP contribution in [0.15, 0.2) is 12.3 Å². The molecule has 1 saturated carbocycles. The van der Waals surface area contributed by atoms with Crippen LogP contribution in [0.4, 0.5) is 5.82 Å². The SMILES string of the molecule is CNCc1cnc(N(C)C2CC2)c(Cl)c1. The number of nitrogens with zero attached hydrogens (tertiary/aromatic N) is 2. The quantitative estimate of drug-likeness (QED) is 0.850. The van der Waals surface area contributed by atoms with Gasteiger partial charge in [0.1, 0.15) is 5.82 Å². The number of halogens is 1. The second-order valence-corrected chi connectivity index (χ2v) is 4.43. The lowest BCUT2D eigenvalue weighted by atomic mass is 10.3. The molecule has 0 atom stereocenters. The zero-order chi connectivity index (χ0) is 10.8. The molecule has 0 radical (unpaired) electrons. The summed E-state index contributed by atoms with van der Waals surface area (Å²) in [6.45, 7) is 0.806. The van der Waals surface area contributed by atoms with Crippen LogP contribution in [0.25, 0.3) is 0 Å². The summed E-state index contributed by atoms with van der Waals surface area (Å²) in [4.78, 5) is 6.58. The summed E-state index contributed by atoms with van der Waals surface area (Å²) in [5.41, 5.74) is 1.12. The molecule has 0 spiro atoms. The van der Waals surface area contributed by atoms with Crippen LogP contribution in [0, 0.1) is 0 Å². The Morgan fingerprint density at radius 3 is 2.87 bits per heavy atom. The van der Waals surface area contributed by atoms with Crippen LogP contribution in [0.1, 0.15) is 18.4 Å². The first-order chi connectivity index (χ1) is 7.22. The van der Waals surface area contributed by atoms with Gasteiger partial charge in [-0.1, -0.05) is 11.6 Å². The molecule has 1 aromatic rings. The van der Waals surface area contributed by atoms with Gasteiger partial charge in [0.15, 0.2) is 0 Å². The first kappa shape index (κ1) is 10.7. The number of nitrogens with one attached hydrogen (secondary N) is 1. The number of aromatic nitrogens is 1. The zero-order valence-corrected chi connectivity index (χ0v) is 9.88. The molecule has 1 aliphatic rings. The molecular formula is C11H16ClN3. The third-order valence-corrected chi connectivity index (χ3v) is 2.97. The Morgan fingerprint density at radius 2 is 2.33 bits per heavy atom. The van der Waals surface area contributed by atoms with Gasteiger partial charge in [-0.05, 0) is 31.5 Å². The number of pyridine rings is 1. The molecule has 1 N–H and O–H groups in total. The van der Waals surface area contributed by atoms with Crippen molar-refractivity contribution in [1.82, 2.24) is 10.3 Å². The molecule has 3 nitrogen and oxygen atoms in total. The molecular weight excluding hydrogens is 210 g/mol. The summed E-state index contributed by atoms with van der Waals surface area (Å²) in [5.74, 6) is 0.902. The maximum Gasteiger partial charge on any atom is 0.147 e. The summed E-state index contributed by atoms with van der Waals surface area (Å²) in [6.07, 6.45) is 4.40. The van der Waals surface area contributed by atoms with Gasteiger partial charge in [0.2, 0.25) is 0 Å². The van der Waals surface area contributed by atoms with E-state index in [-0.39, 0.29) is 0 Å². The Bertz CT molecular complexity index is 350. The lowest BCUT2D eigenvalue weighted by Gasteiger charge is -2.18. The van der Waals surface area contributed by atoms with Crippen LogP contribution in [-0.4, -0.2) is 25.1 Å². The molecule has 1 aliphatic carbocycles. The highest BCUT2D eigenvalue weighted by atomic mass is 35.5. The molecule has 1 heterocycles. The summed E-state index contributed by atoms with van der Waals surface area (Å²) in [5, 5.41) is 3.83. The average molecular weight is 226 g/mol. The summed E-state index contributed by atoms with van der Waals surface area (Å²) in [6, 6.07) is 2.63. The van der Waals surface area contributed by atoms with E-state index in [1.165, 1.54) is 12.8 Å². The van der Waals surface area contributed by atoms with E-state index in [9.17, 15) is 0 Å². The highest BCUT2D eigenvalue weighted by molar-refractivity contribution is 6.33. The monoisotopic (exact) mass is 225 g/mol. The van der Waals surface area contributed by atoms with Crippen molar-refractivity contribution in [2.75, 3.05) is 19.0 Å². The van der Waals surface area contributed by atoms with Crippen molar-refractivity contribution < 1.29 is 0 Å². The van der Waals surface area contributed by atoms with E-state index in [0.717, 1.165) is 22.9 Å². The third-order valence-electron chi connectivity index (χ3n) is 2.69. The number of hydrogen-bond donors (Lipinski definition) is 1. The van der Waals surface area contributed by atoms with Gasteiger partial charge in [0.05, 0.1) is 5.02 Å². The largest absolute Gasteiger partial charge is 0.355 e. The first-order valence-corrected chi connectivity index (χ1v) is 5.62. The van der Waals surface area contributed by atoms with E-state index in [0.29, 0.717) is 6.04 Å². The van der Waals surface area contributed by atoms with E-state index in [1.54, 1.807) is 0 Å². The van der Waals surface area contributed by atoms with Crippen molar-refractivity contribution in [2.45, 2.75) is 25.4 Å². The second kappa shape index (κ2) is 4.37. The van der Waals surface area contributed by atoms with Crippen LogP contribution in [-0.2, 0) is 6.54 Å². The molecule has 0 amide bonds. The molecule has 4 heteroatoms. The first-order valence-electron chi connectivity index (χ1n) is 5.24. The molecule has 0 aromatic carbocycles. The minimum Gasteiger partial charge on any atom is -0.355 e. The fraction of sp³-hybridized carbons (Fsp3) is 0.545. The molecule has 1 aromatic heterocycles. The van der Waals surface area contributed by atoms with E-state index in [2.05, 4.69) is 22.2 Å². The van der Waals surface area contributed by atoms with Gasteiger partial charge in [-0.25, -0.2) is 4.98 Å². The minimum atomic E-state index is 0.644. The molecule has 0 aliphatic heterocycles. The Morgan fingerprint density at radius 1 is 1.60 bits per heavy atom. The van der Waals surface area contributed by atoms with Crippen molar-refractivity contribution in [1.29, 1.82) is 0 Å². The van der Waals surface area contributed by atoms with Crippen molar-refractivity contribution >= 4 is 17.4 Å². The van der Waals surface area contributed by atoms with Gasteiger partial charge in [-0.2, -0.15) is 0 Å². The Balaban J connectivity index is 2.17. The number of anilines is 1. The molecule has 82 valence electrons. The van der Waals surface area contributed by atoms with Crippen molar-refractivity contribution in [2.24, 2.45) is 0 Å². The molecule has 15 heavy (non-hydrogen) atoms. The Labute approximate surface area is 95.4 Å². The van der Waals surface area contributed by atoms with Gasteiger partial charge in [0, 0.05) is 25.8 Å². The fourth-order valence-corrected chi connectivity index (χ4v) is 1.99. The second-order valence-electron chi connectivity index (χ2n) is 4.02. The smallest absolute Gasteiger partial charge is 0.147 e. The van der Waals surface area contributed by atoms with Crippen LogP contribution in [0.3, 0.4) is 0 Å². The maximum atomic E-state index is 6.20. The predicted octanol–water partition coefficient (Wildman–Crippen LogP) is 2.05. The van der Waals surface area contributed by atoms with Gasteiger partial charge >= 0.3 is 0 Å². The Kier molecular flexibility index (Phi) is 3.12. The predicted molar refractivity (Wildman–Crippen MR) is 63.4 cm³/mol. The van der Waals surface area contributed by atoms with Crippen molar-refractivity contribution in [3.8, 4) is 0 Å². The molecule has 0 saturated heterocycles. The molecule has 0 bridgehead atoms. The van der Waals surface area contributed by atoms with Crippen LogP contribution in [0.2, 0.25) is 5.02 Å². The highest BCUT2D eigenvalue weighted by Gasteiger charge is 2.28. The molecule has 2 rings (SSSR count). The summed E-state index contributed by atoms with van der Waals surface area (Å²) < 4.78 is 0. The topological polar surface area (TPSA) is 28.2 Å². The lowest BCUT2D eigenvalue weighted by Crippen LogP contribution is -2.21. The zero-order valence-electron chi connectivity index (χ0n) is 9.13. The number of hydrogen-bond acceptors (Lipinski definition) is 3. The van der Waals surface area contributed by atoms with Crippen LogP contribution >= 0.6 is 11.6 Å². The Hall–Kier alpha value is -0.800. The fourth-order valence-electron chi connectivity index (χ4n) is 1.67. The van der Waals surface area contributed by atoms with Gasteiger partial charge in [0.25, 0.3) is 0 Å². The third kappa shape index (κ3) is 2.41. The maximum absolute atomic E-state index is 6.20. The average Bonchev–Trinajstić information content (AvgIpc) is 3.01. The summed E-state index contributed by atoms with van der Waals surface area (Å²) >= 11 is 6.20. The van der Waals surface area contributed by atoms with E-state index in [1.807, 2.05) is 19.3 Å². The van der Waals surface area contributed by atoms with Gasteiger partial charge < -0.3 is 10.2 Å². The standard InChI is InChI=1S/C11H16ClN3/c1-13-6-8-5-10(12)11(14-7-8)15(2)9-3-4-9/h5,7,9,13H,3-4,6H2,1-2H3. The minimum absolute atomic E-state index is 0.644. The molecule has 1 fully saturated rings. The lowest BCUT2D eigenvalue weighted by molar-refractivity contribution is 0.809. The van der Waals surface area contributed by atoms with E-state index in [4.69, 9.17) is 11.6 Å². The number of rotatable bonds is 4. The van der Waals surface area contributed by atoms with Crippen LogP contribution in [0.5, 0.6) is 0 Å². The van der Waals surface area contributed by atoms with Crippen LogP contribution < -0.4 is 10.2 Å². The normalized spacial score (nSPS) is 15.4. The van der Waals surface area contributed by atoms with Gasteiger partial charge in [-0.15, -0.1) is 0 Å². The molecule has 0 unspecified atom stereocenters. The van der Waals surface area contributed by atoms with E-state index < -0.39 is 0 Å². The van der Waals surface area contributed by atoms with Crippen molar-refractivity contribution in [3.63, 3.8) is 0 Å². The van der Waals surface area contributed by atoms with E-state index >= 15 is 0 Å². The van der Waals surface area contributed by atoms with Crippen molar-refractivity contribution in [3.05, 3.63) is 22.8 Å².